The van der Waals surface area contributed by atoms with Crippen LogP contribution in [-0.2, 0) is 4.79 Å². The topological polar surface area (TPSA) is 117 Å². The van der Waals surface area contributed by atoms with E-state index in [1.54, 1.807) is 6.19 Å². The van der Waals surface area contributed by atoms with Crippen LogP contribution >= 0.6 is 0 Å². The number of nitrogens with one attached hydrogen (secondary N) is 1. The Labute approximate surface area is 63.9 Å². The zero-order chi connectivity index (χ0) is 8.69. The molecular formula is C5H9N5O. The lowest BCUT2D eigenvalue weighted by Gasteiger charge is -1.93. The Kier molecular flexibility index (Phi) is 4.24. The number of nitrogens with zero attached hydrogens (tertiary/aromatic N) is 2. The molecule has 0 spiro atoms. The van der Waals surface area contributed by atoms with Crippen molar-refractivity contribution in [3.63, 3.8) is 0 Å². The molecule has 0 aliphatic rings. The number of carbonyl (C=O) groups is 1. The molecule has 0 saturated carbocycles. The quantitative estimate of drug-likeness (QED) is 0.194. The van der Waals surface area contributed by atoms with Crippen LogP contribution in [0.5, 0.6) is 0 Å². The van der Waals surface area contributed by atoms with Crippen molar-refractivity contribution >= 4 is 11.9 Å². The van der Waals surface area contributed by atoms with Gasteiger partial charge in [0, 0.05) is 6.42 Å². The minimum atomic E-state index is -0.446. The Morgan fingerprint density at radius 1 is 1.64 bits per heavy atom. The molecule has 0 aromatic carbocycles. The Balaban J connectivity index is 3.58. The van der Waals surface area contributed by atoms with Gasteiger partial charge >= 0.3 is 0 Å². The first-order valence-corrected chi connectivity index (χ1v) is 2.90. The molecule has 6 heteroatoms. The second kappa shape index (κ2) is 5.05. The van der Waals surface area contributed by atoms with E-state index in [-0.39, 0.29) is 18.9 Å². The predicted octanol–water partition coefficient (Wildman–Crippen LogP) is -1.75. The van der Waals surface area contributed by atoms with Crippen LogP contribution in [0.15, 0.2) is 4.99 Å². The summed E-state index contributed by atoms with van der Waals surface area (Å²) in [7, 11) is 0. The van der Waals surface area contributed by atoms with Gasteiger partial charge in [-0.2, -0.15) is 5.26 Å². The molecule has 11 heavy (non-hydrogen) atoms. The summed E-state index contributed by atoms with van der Waals surface area (Å²) >= 11 is 0. The summed E-state index contributed by atoms with van der Waals surface area (Å²) in [6, 6.07) is 0. The third-order valence-electron chi connectivity index (χ3n) is 0.824. The molecule has 0 aliphatic heterocycles. The van der Waals surface area contributed by atoms with E-state index >= 15 is 0 Å². The SMILES string of the molecule is N#CNC(N)=NCCC(N)=O. The van der Waals surface area contributed by atoms with Gasteiger partial charge in [-0.25, -0.2) is 0 Å². The molecule has 0 atom stereocenters. The van der Waals surface area contributed by atoms with E-state index in [4.69, 9.17) is 16.7 Å². The van der Waals surface area contributed by atoms with E-state index in [0.717, 1.165) is 0 Å². The smallest absolute Gasteiger partial charge is 0.219 e. The second-order valence-corrected chi connectivity index (χ2v) is 1.72. The van der Waals surface area contributed by atoms with E-state index in [9.17, 15) is 4.79 Å². The van der Waals surface area contributed by atoms with Gasteiger partial charge in [-0.1, -0.05) is 0 Å². The summed E-state index contributed by atoms with van der Waals surface area (Å²) in [5.41, 5.74) is 9.95. The summed E-state index contributed by atoms with van der Waals surface area (Å²) in [5.74, 6) is -0.452. The van der Waals surface area contributed by atoms with Crippen LogP contribution in [-0.4, -0.2) is 18.4 Å². The molecular weight excluding hydrogens is 146 g/mol. The molecule has 0 unspecified atom stereocenters. The fourth-order valence-electron chi connectivity index (χ4n) is 0.383. The van der Waals surface area contributed by atoms with Crippen LogP contribution in [0, 0.1) is 11.5 Å². The Bertz CT molecular complexity index is 203. The average molecular weight is 155 g/mol. The first kappa shape index (κ1) is 9.23. The van der Waals surface area contributed by atoms with E-state index in [1.165, 1.54) is 0 Å². The standard InChI is InChI=1S/C5H9N5O/c6-3-10-5(8)9-2-1-4(7)11/h1-2H2,(H2,7,11)(H3,8,9,10). The van der Waals surface area contributed by atoms with Gasteiger partial charge in [-0.15, -0.1) is 0 Å². The van der Waals surface area contributed by atoms with Crippen molar-refractivity contribution < 1.29 is 4.79 Å². The number of nitrogens with two attached hydrogens (primary N) is 2. The van der Waals surface area contributed by atoms with E-state index in [1.807, 2.05) is 0 Å². The van der Waals surface area contributed by atoms with E-state index in [2.05, 4.69) is 10.3 Å². The van der Waals surface area contributed by atoms with Crippen molar-refractivity contribution in [3.05, 3.63) is 0 Å². The number of hydrogen-bond donors (Lipinski definition) is 3. The molecule has 60 valence electrons. The molecule has 0 aromatic heterocycles. The highest BCUT2D eigenvalue weighted by Gasteiger charge is 1.92. The number of guanidine groups is 1. The molecule has 0 aliphatic carbocycles. The number of hydrogen-bond acceptors (Lipinski definition) is 3. The van der Waals surface area contributed by atoms with Gasteiger partial charge < -0.3 is 11.5 Å². The summed E-state index contributed by atoms with van der Waals surface area (Å²) in [6.07, 6.45) is 1.72. The summed E-state index contributed by atoms with van der Waals surface area (Å²) < 4.78 is 0. The highest BCUT2D eigenvalue weighted by Crippen LogP contribution is 1.77. The van der Waals surface area contributed by atoms with Crippen LogP contribution < -0.4 is 16.8 Å². The molecule has 6 nitrogen and oxygen atoms in total. The molecule has 0 saturated heterocycles. The van der Waals surface area contributed by atoms with Gasteiger partial charge in [-0.3, -0.25) is 15.1 Å². The van der Waals surface area contributed by atoms with Gasteiger partial charge in [0.05, 0.1) is 6.54 Å². The normalized spacial score (nSPS) is 10.3. The number of primary amides is 1. The number of amides is 1. The summed E-state index contributed by atoms with van der Waals surface area (Å²) in [4.78, 5) is 13.8. The van der Waals surface area contributed by atoms with E-state index < -0.39 is 5.91 Å². The molecule has 0 heterocycles. The second-order valence-electron chi connectivity index (χ2n) is 1.72. The lowest BCUT2D eigenvalue weighted by Crippen LogP contribution is -2.27. The molecule has 1 amide bonds. The van der Waals surface area contributed by atoms with Gasteiger partial charge in [-0.05, 0) is 0 Å². The lowest BCUT2D eigenvalue weighted by molar-refractivity contribution is -0.117. The van der Waals surface area contributed by atoms with Crippen molar-refractivity contribution in [2.24, 2.45) is 16.5 Å². The monoisotopic (exact) mass is 155 g/mol. The number of aliphatic imine (C=N–C) groups is 1. The van der Waals surface area contributed by atoms with Gasteiger partial charge in [0.2, 0.25) is 11.9 Å². The van der Waals surface area contributed by atoms with Gasteiger partial charge in [0.1, 0.15) is 0 Å². The van der Waals surface area contributed by atoms with E-state index in [0.29, 0.717) is 0 Å². The van der Waals surface area contributed by atoms with Crippen LogP contribution in [0.1, 0.15) is 6.42 Å². The first-order chi connectivity index (χ1) is 5.16. The van der Waals surface area contributed by atoms with Crippen LogP contribution in [0.25, 0.3) is 0 Å². The maximum atomic E-state index is 10.2. The Morgan fingerprint density at radius 3 is 2.73 bits per heavy atom. The largest absolute Gasteiger partial charge is 0.370 e. The van der Waals surface area contributed by atoms with Crippen LogP contribution in [0.2, 0.25) is 0 Å². The zero-order valence-corrected chi connectivity index (χ0v) is 5.87. The van der Waals surface area contributed by atoms with Gasteiger partial charge in [0.25, 0.3) is 0 Å². The highest BCUT2D eigenvalue weighted by atomic mass is 16.1. The summed E-state index contributed by atoms with van der Waals surface area (Å²) in [5, 5.41) is 10.1. The molecule has 0 aromatic rings. The minimum absolute atomic E-state index is 0.00579. The minimum Gasteiger partial charge on any atom is -0.370 e. The fraction of sp³-hybridized carbons (Fsp3) is 0.400. The molecule has 0 fully saturated rings. The number of rotatable bonds is 3. The van der Waals surface area contributed by atoms with Crippen molar-refractivity contribution in [1.82, 2.24) is 5.32 Å². The molecule has 0 rings (SSSR count). The Morgan fingerprint density at radius 2 is 2.27 bits per heavy atom. The van der Waals surface area contributed by atoms with Crippen molar-refractivity contribution in [2.75, 3.05) is 6.54 Å². The van der Waals surface area contributed by atoms with Crippen molar-refractivity contribution in [3.8, 4) is 6.19 Å². The predicted molar refractivity (Wildman–Crippen MR) is 39.0 cm³/mol. The van der Waals surface area contributed by atoms with Crippen molar-refractivity contribution in [2.45, 2.75) is 6.42 Å². The van der Waals surface area contributed by atoms with Gasteiger partial charge in [0.15, 0.2) is 6.19 Å². The van der Waals surface area contributed by atoms with Crippen LogP contribution in [0.4, 0.5) is 0 Å². The molecule has 5 N–H and O–H groups in total. The third-order valence-corrected chi connectivity index (χ3v) is 0.824. The summed E-state index contributed by atoms with van der Waals surface area (Å²) in [6.45, 7) is 0.204. The highest BCUT2D eigenvalue weighted by molar-refractivity contribution is 5.80. The van der Waals surface area contributed by atoms with Crippen LogP contribution in [0.3, 0.4) is 0 Å². The Hall–Kier alpha value is -1.77. The zero-order valence-electron chi connectivity index (χ0n) is 5.87. The first-order valence-electron chi connectivity index (χ1n) is 2.90. The number of nitriles is 1. The number of carbonyl (C=O) groups excluding carboxylic acids is 1. The maximum absolute atomic E-state index is 10.2. The molecule has 0 bridgehead atoms. The van der Waals surface area contributed by atoms with Crippen molar-refractivity contribution in [1.29, 1.82) is 5.26 Å². The molecule has 0 radical (unpaired) electrons. The lowest BCUT2D eigenvalue weighted by atomic mass is 10.4. The third kappa shape index (κ3) is 6.11. The maximum Gasteiger partial charge on any atom is 0.219 e. The fourth-order valence-corrected chi connectivity index (χ4v) is 0.383. The average Bonchev–Trinajstić information content (AvgIpc) is 1.87.